The molecule has 4 bridgehead atoms. The van der Waals surface area contributed by atoms with Gasteiger partial charge in [-0.3, -0.25) is 9.59 Å². The highest BCUT2D eigenvalue weighted by molar-refractivity contribution is 9.10. The Morgan fingerprint density at radius 1 is 1.23 bits per heavy atom. The van der Waals surface area contributed by atoms with Crippen molar-refractivity contribution in [2.75, 3.05) is 0 Å². The first-order valence-corrected chi connectivity index (χ1v) is 8.62. The van der Waals surface area contributed by atoms with Crippen molar-refractivity contribution in [2.24, 2.45) is 28.9 Å². The monoisotopic (exact) mass is 366 g/mol. The second-order valence-electron chi connectivity index (χ2n) is 7.22. The minimum atomic E-state index is -0.314. The number of primary amides is 1. The molecule has 3 N–H and O–H groups in total. The number of nitrogens with one attached hydrogen (secondary N) is 1. The van der Waals surface area contributed by atoms with Crippen molar-refractivity contribution in [3.8, 4) is 0 Å². The summed E-state index contributed by atoms with van der Waals surface area (Å²) in [5, 5.41) is 3.14. The molecule has 0 spiro atoms. The van der Waals surface area contributed by atoms with Gasteiger partial charge in [-0.25, -0.2) is 0 Å². The third-order valence-corrected chi connectivity index (χ3v) is 6.32. The average Bonchev–Trinajstić information content (AvgIpc) is 2.88. The van der Waals surface area contributed by atoms with Gasteiger partial charge in [0.05, 0.1) is 0 Å². The van der Waals surface area contributed by atoms with E-state index in [1.165, 1.54) is 0 Å². The molecule has 6 heteroatoms. The van der Waals surface area contributed by atoms with Crippen molar-refractivity contribution in [2.45, 2.75) is 38.1 Å². The molecule has 5 rings (SSSR count). The lowest BCUT2D eigenvalue weighted by atomic mass is 9.47. The van der Waals surface area contributed by atoms with Gasteiger partial charge in [-0.05, 0) is 77.9 Å². The minimum Gasteiger partial charge on any atom is -0.444 e. The summed E-state index contributed by atoms with van der Waals surface area (Å²) in [7, 11) is 0. The number of hydrogen-bond acceptors (Lipinski definition) is 3. The van der Waals surface area contributed by atoms with Crippen molar-refractivity contribution in [1.29, 1.82) is 0 Å². The summed E-state index contributed by atoms with van der Waals surface area (Å²) in [6, 6.07) is 3.52. The Labute approximate surface area is 137 Å². The molecule has 2 unspecified atom stereocenters. The first-order chi connectivity index (χ1) is 10.5. The molecule has 0 saturated heterocycles. The van der Waals surface area contributed by atoms with E-state index >= 15 is 0 Å². The molecule has 4 aliphatic rings. The van der Waals surface area contributed by atoms with Crippen LogP contribution in [-0.2, 0) is 4.79 Å². The lowest BCUT2D eigenvalue weighted by molar-refractivity contribution is -0.145. The number of carbonyl (C=O) groups is 2. The molecule has 22 heavy (non-hydrogen) atoms. The highest BCUT2D eigenvalue weighted by atomic mass is 79.9. The maximum atomic E-state index is 12.3. The Kier molecular flexibility index (Phi) is 3.15. The summed E-state index contributed by atoms with van der Waals surface area (Å²) in [5.41, 5.74) is 5.37. The molecule has 1 aromatic rings. The third kappa shape index (κ3) is 2.11. The highest BCUT2D eigenvalue weighted by Gasteiger charge is 2.58. The van der Waals surface area contributed by atoms with Gasteiger partial charge in [0.15, 0.2) is 10.4 Å². The first-order valence-electron chi connectivity index (χ1n) is 7.83. The Bertz CT molecular complexity index is 625. The molecule has 2 atom stereocenters. The second-order valence-corrected chi connectivity index (χ2v) is 8.00. The summed E-state index contributed by atoms with van der Waals surface area (Å²) < 4.78 is 5.88. The summed E-state index contributed by atoms with van der Waals surface area (Å²) in [6.07, 6.45) is 4.78. The van der Waals surface area contributed by atoms with E-state index in [9.17, 15) is 9.59 Å². The van der Waals surface area contributed by atoms with Crippen LogP contribution >= 0.6 is 15.9 Å². The number of halogens is 1. The zero-order valence-corrected chi connectivity index (χ0v) is 13.8. The molecule has 1 aromatic heterocycles. The van der Waals surface area contributed by atoms with Crippen LogP contribution in [-0.4, -0.2) is 17.9 Å². The van der Waals surface area contributed by atoms with Crippen molar-refractivity contribution in [3.63, 3.8) is 0 Å². The molecule has 2 amide bonds. The lowest BCUT2D eigenvalue weighted by Crippen LogP contribution is -2.62. The smallest absolute Gasteiger partial charge is 0.287 e. The van der Waals surface area contributed by atoms with Gasteiger partial charge in [-0.1, -0.05) is 0 Å². The summed E-state index contributed by atoms with van der Waals surface area (Å²) in [5.74, 6) is 1.33. The Morgan fingerprint density at radius 3 is 2.45 bits per heavy atom. The van der Waals surface area contributed by atoms with Crippen molar-refractivity contribution in [1.82, 2.24) is 5.32 Å². The van der Waals surface area contributed by atoms with Gasteiger partial charge in [0.2, 0.25) is 5.91 Å². The number of amides is 2. The van der Waals surface area contributed by atoms with Crippen LogP contribution in [0.2, 0.25) is 0 Å². The standard InChI is InChI=1S/C16H19BrN2O3/c17-12-2-1-11(22-12)14(20)19-13-9-3-8-4-10(13)7-16(5-8,6-9)15(18)21/h1-2,8-10,13H,3-7H2,(H2,18,21)(H,19,20)/t8?,9?,10?,13-,16-. The lowest BCUT2D eigenvalue weighted by Gasteiger charge is -2.58. The summed E-state index contributed by atoms with van der Waals surface area (Å²) >= 11 is 3.21. The van der Waals surface area contributed by atoms with Gasteiger partial charge < -0.3 is 15.5 Å². The van der Waals surface area contributed by atoms with Crippen LogP contribution < -0.4 is 11.1 Å². The van der Waals surface area contributed by atoms with Crippen molar-refractivity contribution in [3.05, 3.63) is 22.6 Å². The SMILES string of the molecule is NC(=O)[C@]12CC3CC(C1)[C@@H](NC(=O)c1ccc(Br)o1)C(C3)C2. The molecular formula is C16H19BrN2O3. The molecular weight excluding hydrogens is 348 g/mol. The molecule has 118 valence electrons. The van der Waals surface area contributed by atoms with Gasteiger partial charge in [0.1, 0.15) is 0 Å². The maximum Gasteiger partial charge on any atom is 0.287 e. The van der Waals surface area contributed by atoms with Gasteiger partial charge in [0, 0.05) is 11.5 Å². The Hall–Kier alpha value is -1.30. The highest BCUT2D eigenvalue weighted by Crippen LogP contribution is 2.59. The van der Waals surface area contributed by atoms with Crippen LogP contribution in [0.4, 0.5) is 0 Å². The molecule has 4 aliphatic carbocycles. The number of furan rings is 1. The van der Waals surface area contributed by atoms with Gasteiger partial charge >= 0.3 is 0 Å². The summed E-state index contributed by atoms with van der Waals surface area (Å²) in [6.45, 7) is 0. The van der Waals surface area contributed by atoms with E-state index < -0.39 is 0 Å². The first kappa shape index (κ1) is 14.3. The van der Waals surface area contributed by atoms with Crippen molar-refractivity contribution >= 4 is 27.7 Å². The predicted octanol–water partition coefficient (Wildman–Crippen LogP) is 2.45. The van der Waals surface area contributed by atoms with E-state index in [2.05, 4.69) is 21.2 Å². The normalized spacial score (nSPS) is 39.0. The van der Waals surface area contributed by atoms with E-state index in [-0.39, 0.29) is 23.3 Å². The van der Waals surface area contributed by atoms with Crippen LogP contribution in [0.15, 0.2) is 21.2 Å². The zero-order valence-electron chi connectivity index (χ0n) is 12.2. The molecule has 0 radical (unpaired) electrons. The van der Waals surface area contributed by atoms with E-state index in [1.54, 1.807) is 12.1 Å². The van der Waals surface area contributed by atoms with Gasteiger partial charge in [-0.2, -0.15) is 0 Å². The van der Waals surface area contributed by atoms with Gasteiger partial charge in [-0.15, -0.1) is 0 Å². The molecule has 5 nitrogen and oxygen atoms in total. The van der Waals surface area contributed by atoms with E-state index in [4.69, 9.17) is 10.2 Å². The van der Waals surface area contributed by atoms with E-state index in [0.29, 0.717) is 28.2 Å². The molecule has 1 heterocycles. The van der Waals surface area contributed by atoms with Crippen LogP contribution in [0.25, 0.3) is 0 Å². The van der Waals surface area contributed by atoms with Crippen LogP contribution in [0.5, 0.6) is 0 Å². The number of hydrogen-bond donors (Lipinski definition) is 2. The Morgan fingerprint density at radius 2 is 1.91 bits per heavy atom. The number of rotatable bonds is 3. The molecule has 0 aliphatic heterocycles. The summed E-state index contributed by atoms with van der Waals surface area (Å²) in [4.78, 5) is 24.3. The third-order valence-electron chi connectivity index (χ3n) is 5.89. The van der Waals surface area contributed by atoms with Crippen LogP contribution in [0, 0.1) is 23.2 Å². The minimum absolute atomic E-state index is 0.139. The number of nitrogens with two attached hydrogens (primary N) is 1. The molecule has 0 aromatic carbocycles. The largest absolute Gasteiger partial charge is 0.444 e. The van der Waals surface area contributed by atoms with Crippen molar-refractivity contribution < 1.29 is 14.0 Å². The number of carbonyl (C=O) groups excluding carboxylic acids is 2. The fourth-order valence-corrected chi connectivity index (χ4v) is 5.53. The quantitative estimate of drug-likeness (QED) is 0.861. The Balaban J connectivity index is 1.53. The zero-order chi connectivity index (χ0) is 15.5. The fraction of sp³-hybridized carbons (Fsp3) is 0.625. The average molecular weight is 367 g/mol. The van der Waals surface area contributed by atoms with Crippen LogP contribution in [0.1, 0.15) is 42.7 Å². The van der Waals surface area contributed by atoms with Gasteiger partial charge in [0.25, 0.3) is 5.91 Å². The van der Waals surface area contributed by atoms with E-state index in [1.807, 2.05) is 0 Å². The second kappa shape index (κ2) is 4.85. The van der Waals surface area contributed by atoms with Crippen LogP contribution in [0.3, 0.4) is 0 Å². The topological polar surface area (TPSA) is 85.3 Å². The predicted molar refractivity (Wildman–Crippen MR) is 82.8 cm³/mol. The molecule has 4 saturated carbocycles. The van der Waals surface area contributed by atoms with E-state index in [0.717, 1.165) is 32.1 Å². The fourth-order valence-electron chi connectivity index (χ4n) is 5.22. The molecule has 4 fully saturated rings. The maximum absolute atomic E-state index is 12.3.